The molecular weight excluding hydrogens is 404 g/mol. The summed E-state index contributed by atoms with van der Waals surface area (Å²) in [5, 5.41) is 28.6. The van der Waals surface area contributed by atoms with E-state index in [-0.39, 0.29) is 24.7 Å². The highest BCUT2D eigenvalue weighted by Gasteiger charge is 2.42. The first-order valence-electron chi connectivity index (χ1n) is 9.68. The van der Waals surface area contributed by atoms with Gasteiger partial charge in [-0.25, -0.2) is 0 Å². The number of rotatable bonds is 5. The van der Waals surface area contributed by atoms with Crippen molar-refractivity contribution in [2.24, 2.45) is 0 Å². The Balaban J connectivity index is 0.00000256. The van der Waals surface area contributed by atoms with Crippen LogP contribution in [0.15, 0.2) is 54.6 Å². The van der Waals surface area contributed by atoms with Gasteiger partial charge in [-0.2, -0.15) is 4.68 Å². The highest BCUT2D eigenvalue weighted by atomic mass is 35.5. The maximum absolute atomic E-state index is 12.9. The van der Waals surface area contributed by atoms with Crippen LogP contribution in [0, 0.1) is 6.92 Å². The Morgan fingerprint density at radius 1 is 1.23 bits per heavy atom. The van der Waals surface area contributed by atoms with E-state index in [0.717, 1.165) is 23.4 Å². The summed E-state index contributed by atoms with van der Waals surface area (Å²) >= 11 is 0. The smallest absolute Gasteiger partial charge is 0.225 e. The minimum atomic E-state index is -0.785. The Morgan fingerprint density at radius 3 is 2.60 bits per heavy atom. The van der Waals surface area contributed by atoms with Crippen molar-refractivity contribution in [3.8, 4) is 5.69 Å². The van der Waals surface area contributed by atoms with Crippen molar-refractivity contribution in [2.75, 3.05) is 13.1 Å². The first-order valence-corrected chi connectivity index (χ1v) is 9.68. The second-order valence-electron chi connectivity index (χ2n) is 7.34. The number of carbonyl (C=O) groups excluding carboxylic acids is 1. The van der Waals surface area contributed by atoms with Crippen molar-refractivity contribution < 1.29 is 9.90 Å². The van der Waals surface area contributed by atoms with Crippen molar-refractivity contribution in [1.82, 2.24) is 30.8 Å². The average Bonchev–Trinajstić information content (AvgIpc) is 3.17. The summed E-state index contributed by atoms with van der Waals surface area (Å²) in [6.07, 6.45) is 0.151. The third-order valence-electron chi connectivity index (χ3n) is 5.43. The van der Waals surface area contributed by atoms with Crippen molar-refractivity contribution >= 4 is 18.3 Å². The number of aromatic nitrogens is 4. The first-order chi connectivity index (χ1) is 14.1. The maximum atomic E-state index is 12.9. The summed E-state index contributed by atoms with van der Waals surface area (Å²) in [5.41, 5.74) is 1.86. The van der Waals surface area contributed by atoms with Gasteiger partial charge in [0.15, 0.2) is 5.82 Å². The number of amides is 1. The molecule has 2 atom stereocenters. The molecule has 2 heterocycles. The molecule has 0 bridgehead atoms. The number of β-amino-alcohol motifs (C(OH)–C–C–N with tert-alkyl or cyclic N) is 1. The molecule has 8 nitrogen and oxygen atoms in total. The molecule has 0 unspecified atom stereocenters. The standard InChI is InChI=1S/C21H24N6O2.ClH/c1-15-24-25-26-27(15)18-9-7-16(8-10-18)13-20(29)23-21(11-12-22-14-19(21)28)17-5-3-2-4-6-17;/h2-10,19,22,28H,11-14H2,1H3,(H,23,29);1H/t19-,21+;/m1./s1. The molecule has 1 aliphatic heterocycles. The number of nitrogens with one attached hydrogen (secondary N) is 2. The predicted molar refractivity (Wildman–Crippen MR) is 115 cm³/mol. The fourth-order valence-corrected chi connectivity index (χ4v) is 3.86. The van der Waals surface area contributed by atoms with E-state index in [2.05, 4.69) is 26.2 Å². The molecule has 0 radical (unpaired) electrons. The number of hydrogen-bond acceptors (Lipinski definition) is 6. The van der Waals surface area contributed by atoms with Crippen LogP contribution >= 0.6 is 12.4 Å². The number of halogens is 1. The largest absolute Gasteiger partial charge is 0.389 e. The Labute approximate surface area is 181 Å². The molecule has 1 saturated heterocycles. The lowest BCUT2D eigenvalue weighted by Gasteiger charge is -2.43. The topological polar surface area (TPSA) is 105 Å². The summed E-state index contributed by atoms with van der Waals surface area (Å²) in [7, 11) is 0. The lowest BCUT2D eigenvalue weighted by molar-refractivity contribution is -0.125. The van der Waals surface area contributed by atoms with Gasteiger partial charge >= 0.3 is 0 Å². The van der Waals surface area contributed by atoms with Crippen molar-refractivity contribution in [2.45, 2.75) is 31.4 Å². The Morgan fingerprint density at radius 2 is 1.97 bits per heavy atom. The number of aliphatic hydroxyl groups excluding tert-OH is 1. The van der Waals surface area contributed by atoms with Crippen LogP contribution in [-0.4, -0.2) is 50.4 Å². The third kappa shape index (κ3) is 4.35. The van der Waals surface area contributed by atoms with Crippen LogP contribution in [0.2, 0.25) is 0 Å². The normalized spacial score (nSPS) is 20.9. The Hall–Kier alpha value is -2.81. The summed E-state index contributed by atoms with van der Waals surface area (Å²) in [5.74, 6) is 0.571. The van der Waals surface area contributed by atoms with Crippen LogP contribution in [0.4, 0.5) is 0 Å². The third-order valence-corrected chi connectivity index (χ3v) is 5.43. The fourth-order valence-electron chi connectivity index (χ4n) is 3.86. The van der Waals surface area contributed by atoms with Crippen molar-refractivity contribution in [1.29, 1.82) is 0 Å². The fraction of sp³-hybridized carbons (Fsp3) is 0.333. The van der Waals surface area contributed by atoms with Crippen LogP contribution < -0.4 is 10.6 Å². The van der Waals surface area contributed by atoms with Gasteiger partial charge in [0.1, 0.15) is 0 Å². The molecule has 2 aromatic carbocycles. The second-order valence-corrected chi connectivity index (χ2v) is 7.34. The van der Waals surface area contributed by atoms with Crippen LogP contribution in [-0.2, 0) is 16.8 Å². The number of benzene rings is 2. The molecule has 3 aromatic rings. The van der Waals surface area contributed by atoms with Crippen molar-refractivity contribution in [3.63, 3.8) is 0 Å². The lowest BCUT2D eigenvalue weighted by atomic mass is 9.79. The molecule has 30 heavy (non-hydrogen) atoms. The molecule has 1 fully saturated rings. The van der Waals surface area contributed by atoms with E-state index < -0.39 is 11.6 Å². The van der Waals surface area contributed by atoms with Gasteiger partial charge in [-0.1, -0.05) is 42.5 Å². The van der Waals surface area contributed by atoms with Gasteiger partial charge < -0.3 is 15.7 Å². The van der Waals surface area contributed by atoms with Gasteiger partial charge in [0.2, 0.25) is 5.91 Å². The number of piperidine rings is 1. The van der Waals surface area contributed by atoms with Gasteiger partial charge in [0.25, 0.3) is 0 Å². The van der Waals surface area contributed by atoms with E-state index in [1.807, 2.05) is 61.5 Å². The van der Waals surface area contributed by atoms with Gasteiger partial charge in [0, 0.05) is 6.54 Å². The molecule has 0 saturated carbocycles. The molecule has 1 aliphatic rings. The molecule has 1 aromatic heterocycles. The number of aryl methyl sites for hydroxylation is 1. The maximum Gasteiger partial charge on any atom is 0.225 e. The van der Waals surface area contributed by atoms with Crippen LogP contribution in [0.25, 0.3) is 5.69 Å². The molecule has 0 aliphatic carbocycles. The van der Waals surface area contributed by atoms with Crippen molar-refractivity contribution in [3.05, 3.63) is 71.5 Å². The zero-order valence-corrected chi connectivity index (χ0v) is 17.5. The minimum absolute atomic E-state index is 0. The van der Waals surface area contributed by atoms with Gasteiger partial charge in [-0.05, 0) is 53.6 Å². The number of nitrogens with zero attached hydrogens (tertiary/aromatic N) is 4. The summed E-state index contributed by atoms with van der Waals surface area (Å²) in [6.45, 7) is 3.00. The van der Waals surface area contributed by atoms with Gasteiger partial charge in [-0.3, -0.25) is 4.79 Å². The molecular formula is C21H25ClN6O2. The second kappa shape index (κ2) is 9.34. The summed E-state index contributed by atoms with van der Waals surface area (Å²) in [4.78, 5) is 12.9. The van der Waals surface area contributed by atoms with Crippen LogP contribution in [0.5, 0.6) is 0 Å². The number of hydrogen-bond donors (Lipinski definition) is 3. The quantitative estimate of drug-likeness (QED) is 0.565. The molecule has 0 spiro atoms. The Bertz CT molecular complexity index is 979. The predicted octanol–water partition coefficient (Wildman–Crippen LogP) is 1.30. The molecule has 9 heteroatoms. The monoisotopic (exact) mass is 428 g/mol. The SMILES string of the molecule is Cc1nnnn1-c1ccc(CC(=O)N[C@]2(c3ccccc3)CCNC[C@H]2O)cc1.Cl. The lowest BCUT2D eigenvalue weighted by Crippen LogP contribution is -2.61. The molecule has 3 N–H and O–H groups in total. The van der Waals surface area contributed by atoms with Gasteiger partial charge in [-0.15, -0.1) is 17.5 Å². The number of tetrazole rings is 1. The molecule has 1 amide bonds. The van der Waals surface area contributed by atoms with E-state index >= 15 is 0 Å². The van der Waals surface area contributed by atoms with E-state index in [1.165, 1.54) is 0 Å². The highest BCUT2D eigenvalue weighted by Crippen LogP contribution is 2.31. The van der Waals surface area contributed by atoms with E-state index in [0.29, 0.717) is 18.8 Å². The zero-order valence-electron chi connectivity index (χ0n) is 16.7. The average molecular weight is 429 g/mol. The van der Waals surface area contributed by atoms with Crippen LogP contribution in [0.1, 0.15) is 23.4 Å². The minimum Gasteiger partial charge on any atom is -0.389 e. The van der Waals surface area contributed by atoms with Gasteiger partial charge in [0.05, 0.1) is 23.8 Å². The summed E-state index contributed by atoms with van der Waals surface area (Å²) in [6, 6.07) is 17.3. The van der Waals surface area contributed by atoms with E-state index in [4.69, 9.17) is 0 Å². The molecule has 4 rings (SSSR count). The zero-order chi connectivity index (χ0) is 20.3. The van der Waals surface area contributed by atoms with E-state index in [9.17, 15) is 9.90 Å². The van der Waals surface area contributed by atoms with E-state index in [1.54, 1.807) is 4.68 Å². The first kappa shape index (κ1) is 21.9. The Kier molecular flexibility index (Phi) is 6.81. The number of carbonyl (C=O) groups is 1. The number of aliphatic hydroxyl groups is 1. The highest BCUT2D eigenvalue weighted by molar-refractivity contribution is 5.85. The summed E-state index contributed by atoms with van der Waals surface area (Å²) < 4.78 is 1.64. The van der Waals surface area contributed by atoms with Crippen LogP contribution in [0.3, 0.4) is 0 Å². The molecule has 158 valence electrons.